The lowest BCUT2D eigenvalue weighted by molar-refractivity contribution is 0.0224. The van der Waals surface area contributed by atoms with Gasteiger partial charge in [-0.15, -0.1) is 11.3 Å². The molecule has 1 aromatic heterocycles. The average Bonchev–Trinajstić information content (AvgIpc) is 2.81. The minimum Gasteiger partial charge on any atom is -0.444 e. The third-order valence-corrected chi connectivity index (χ3v) is 3.87. The average molecular weight is 268 g/mol. The van der Waals surface area contributed by atoms with Crippen molar-refractivity contribution < 1.29 is 9.53 Å². The van der Waals surface area contributed by atoms with Crippen molar-refractivity contribution in [1.82, 2.24) is 9.88 Å². The molecule has 1 unspecified atom stereocenters. The zero-order valence-corrected chi connectivity index (χ0v) is 12.2. The maximum Gasteiger partial charge on any atom is 0.410 e. The van der Waals surface area contributed by atoms with Gasteiger partial charge in [0.25, 0.3) is 0 Å². The largest absolute Gasteiger partial charge is 0.444 e. The fourth-order valence-corrected chi connectivity index (χ4v) is 3.03. The number of aromatic nitrogens is 1. The van der Waals surface area contributed by atoms with E-state index in [0.29, 0.717) is 0 Å². The molecule has 4 nitrogen and oxygen atoms in total. The Morgan fingerprint density at radius 2 is 2.28 bits per heavy atom. The highest BCUT2D eigenvalue weighted by atomic mass is 32.1. The number of hydrogen-bond donors (Lipinski definition) is 0. The molecule has 1 saturated heterocycles. The summed E-state index contributed by atoms with van der Waals surface area (Å²) in [5.41, 5.74) is 0.578. The van der Waals surface area contributed by atoms with Gasteiger partial charge in [-0.1, -0.05) is 0 Å². The monoisotopic (exact) mass is 268 g/mol. The van der Waals surface area contributed by atoms with Gasteiger partial charge in [0.1, 0.15) is 10.6 Å². The molecule has 1 amide bonds. The van der Waals surface area contributed by atoms with Crippen LogP contribution >= 0.6 is 11.3 Å². The van der Waals surface area contributed by atoms with Crippen molar-refractivity contribution in [2.45, 2.75) is 52.2 Å². The molecule has 1 aliphatic rings. The summed E-state index contributed by atoms with van der Waals surface area (Å²) in [4.78, 5) is 18.4. The molecular weight excluding hydrogens is 248 g/mol. The summed E-state index contributed by atoms with van der Waals surface area (Å²) in [6, 6.07) is 0.0959. The van der Waals surface area contributed by atoms with Gasteiger partial charge in [0.2, 0.25) is 0 Å². The predicted octanol–water partition coefficient (Wildman–Crippen LogP) is 3.52. The van der Waals surface area contributed by atoms with Crippen molar-refractivity contribution in [2.24, 2.45) is 0 Å². The van der Waals surface area contributed by atoms with E-state index in [-0.39, 0.29) is 12.1 Å². The van der Waals surface area contributed by atoms with Gasteiger partial charge in [-0.25, -0.2) is 9.78 Å². The van der Waals surface area contributed by atoms with Crippen molar-refractivity contribution >= 4 is 17.4 Å². The van der Waals surface area contributed by atoms with E-state index in [1.807, 2.05) is 38.0 Å². The standard InChI is InChI=1S/C13H20N2O2S/c1-9-8-18-11(14-9)10-6-5-7-15(10)12(16)17-13(2,3)4/h8,10H,5-7H2,1-4H3. The molecule has 0 spiro atoms. The number of thiazole rings is 1. The van der Waals surface area contributed by atoms with E-state index >= 15 is 0 Å². The van der Waals surface area contributed by atoms with Crippen molar-refractivity contribution in [3.8, 4) is 0 Å². The molecule has 1 fully saturated rings. The van der Waals surface area contributed by atoms with Gasteiger partial charge in [-0.3, -0.25) is 4.90 Å². The van der Waals surface area contributed by atoms with Gasteiger partial charge in [0.05, 0.1) is 6.04 Å². The van der Waals surface area contributed by atoms with E-state index in [1.54, 1.807) is 11.3 Å². The van der Waals surface area contributed by atoms with Crippen molar-refractivity contribution in [3.63, 3.8) is 0 Å². The summed E-state index contributed by atoms with van der Waals surface area (Å²) < 4.78 is 5.44. The van der Waals surface area contributed by atoms with Crippen molar-refractivity contribution in [1.29, 1.82) is 0 Å². The van der Waals surface area contributed by atoms with Crippen LogP contribution in [0.4, 0.5) is 4.79 Å². The van der Waals surface area contributed by atoms with Gasteiger partial charge < -0.3 is 4.74 Å². The third kappa shape index (κ3) is 3.02. The Morgan fingerprint density at radius 3 is 2.83 bits per heavy atom. The van der Waals surface area contributed by atoms with E-state index in [9.17, 15) is 4.79 Å². The Kier molecular flexibility index (Phi) is 3.61. The maximum atomic E-state index is 12.1. The molecule has 0 bridgehead atoms. The number of carbonyl (C=O) groups is 1. The second-order valence-electron chi connectivity index (χ2n) is 5.66. The topological polar surface area (TPSA) is 42.4 Å². The van der Waals surface area contributed by atoms with Gasteiger partial charge in [-0.2, -0.15) is 0 Å². The van der Waals surface area contributed by atoms with Crippen LogP contribution in [-0.2, 0) is 4.74 Å². The molecule has 2 rings (SSSR count). The Morgan fingerprint density at radius 1 is 1.56 bits per heavy atom. The number of nitrogens with zero attached hydrogens (tertiary/aromatic N) is 2. The maximum absolute atomic E-state index is 12.1. The van der Waals surface area contributed by atoms with E-state index in [2.05, 4.69) is 4.98 Å². The Labute approximate surface area is 112 Å². The lowest BCUT2D eigenvalue weighted by Crippen LogP contribution is -2.36. The van der Waals surface area contributed by atoms with Gasteiger partial charge in [0, 0.05) is 17.6 Å². The van der Waals surface area contributed by atoms with Crippen LogP contribution in [0.3, 0.4) is 0 Å². The van der Waals surface area contributed by atoms with Crippen LogP contribution in [0.25, 0.3) is 0 Å². The molecule has 0 aromatic carbocycles. The minimum absolute atomic E-state index is 0.0959. The Bertz CT molecular complexity index is 436. The molecule has 0 N–H and O–H groups in total. The highest BCUT2D eigenvalue weighted by Gasteiger charge is 2.34. The molecule has 2 heterocycles. The summed E-state index contributed by atoms with van der Waals surface area (Å²) in [7, 11) is 0. The summed E-state index contributed by atoms with van der Waals surface area (Å²) in [6.07, 6.45) is 1.77. The van der Waals surface area contributed by atoms with Gasteiger partial charge in [0.15, 0.2) is 0 Å². The highest BCUT2D eigenvalue weighted by Crippen LogP contribution is 2.34. The first-order valence-corrected chi connectivity index (χ1v) is 7.16. The van der Waals surface area contributed by atoms with Crippen LogP contribution in [0.2, 0.25) is 0 Å². The second kappa shape index (κ2) is 4.88. The molecule has 1 aromatic rings. The zero-order chi connectivity index (χ0) is 13.3. The Hall–Kier alpha value is -1.10. The highest BCUT2D eigenvalue weighted by molar-refractivity contribution is 7.09. The normalized spacial score (nSPS) is 20.2. The summed E-state index contributed by atoms with van der Waals surface area (Å²) in [5.74, 6) is 0. The minimum atomic E-state index is -0.441. The number of carbonyl (C=O) groups excluding carboxylic acids is 1. The molecule has 18 heavy (non-hydrogen) atoms. The summed E-state index contributed by atoms with van der Waals surface area (Å²) in [5, 5.41) is 3.05. The van der Waals surface area contributed by atoms with Crippen LogP contribution in [0.15, 0.2) is 5.38 Å². The molecule has 0 radical (unpaired) electrons. The molecule has 0 saturated carbocycles. The number of amides is 1. The van der Waals surface area contributed by atoms with Crippen LogP contribution in [0, 0.1) is 6.92 Å². The molecule has 1 atom stereocenters. The second-order valence-corrected chi connectivity index (χ2v) is 6.55. The Balaban J connectivity index is 2.10. The van der Waals surface area contributed by atoms with Crippen LogP contribution in [0.5, 0.6) is 0 Å². The number of rotatable bonds is 1. The van der Waals surface area contributed by atoms with Crippen molar-refractivity contribution in [3.05, 3.63) is 16.1 Å². The van der Waals surface area contributed by atoms with Gasteiger partial charge >= 0.3 is 6.09 Å². The number of likely N-dealkylation sites (tertiary alicyclic amines) is 1. The van der Waals surface area contributed by atoms with Crippen LogP contribution < -0.4 is 0 Å². The smallest absolute Gasteiger partial charge is 0.410 e. The quantitative estimate of drug-likeness (QED) is 0.782. The lowest BCUT2D eigenvalue weighted by Gasteiger charge is -2.27. The van der Waals surface area contributed by atoms with Crippen LogP contribution in [-0.4, -0.2) is 28.1 Å². The first-order valence-electron chi connectivity index (χ1n) is 6.28. The fraction of sp³-hybridized carbons (Fsp3) is 0.692. The molecule has 1 aliphatic heterocycles. The summed E-state index contributed by atoms with van der Waals surface area (Å²) in [6.45, 7) is 8.42. The number of aryl methyl sites for hydroxylation is 1. The van der Waals surface area contributed by atoms with Gasteiger partial charge in [-0.05, 0) is 40.5 Å². The molecule has 0 aliphatic carbocycles. The lowest BCUT2D eigenvalue weighted by atomic mass is 10.2. The molecule has 5 heteroatoms. The first-order chi connectivity index (χ1) is 8.37. The van der Waals surface area contributed by atoms with E-state index in [1.165, 1.54) is 0 Å². The van der Waals surface area contributed by atoms with Crippen LogP contribution in [0.1, 0.15) is 50.4 Å². The summed E-state index contributed by atoms with van der Waals surface area (Å²) >= 11 is 1.63. The fourth-order valence-electron chi connectivity index (χ4n) is 2.09. The SMILES string of the molecule is Cc1csc(C2CCCN2C(=O)OC(C)(C)C)n1. The third-order valence-electron chi connectivity index (χ3n) is 2.80. The van der Waals surface area contributed by atoms with E-state index in [0.717, 1.165) is 30.1 Å². The van der Waals surface area contributed by atoms with E-state index < -0.39 is 5.60 Å². The molecular formula is C13H20N2O2S. The number of ether oxygens (including phenoxy) is 1. The van der Waals surface area contributed by atoms with E-state index in [4.69, 9.17) is 4.74 Å². The number of hydrogen-bond acceptors (Lipinski definition) is 4. The first kappa shape index (κ1) is 13.3. The molecule has 100 valence electrons. The zero-order valence-electron chi connectivity index (χ0n) is 11.4. The predicted molar refractivity (Wildman–Crippen MR) is 71.8 cm³/mol. The van der Waals surface area contributed by atoms with Crippen molar-refractivity contribution in [2.75, 3.05) is 6.54 Å².